The van der Waals surface area contributed by atoms with Gasteiger partial charge in [0, 0.05) is 0 Å². The minimum Gasteiger partial charge on any atom is -0.304 e. The first-order chi connectivity index (χ1) is 10.2. The largest absolute Gasteiger partial charge is 0.304 e. The van der Waals surface area contributed by atoms with E-state index in [1.807, 2.05) is 11.1 Å². The molecule has 1 fully saturated rings. The summed E-state index contributed by atoms with van der Waals surface area (Å²) in [7, 11) is 0. The maximum absolute atomic E-state index is 2.61. The van der Waals surface area contributed by atoms with Crippen molar-refractivity contribution in [2.24, 2.45) is 17.3 Å². The van der Waals surface area contributed by atoms with Crippen LogP contribution >= 0.6 is 0 Å². The van der Waals surface area contributed by atoms with E-state index < -0.39 is 0 Å². The summed E-state index contributed by atoms with van der Waals surface area (Å²) >= 11 is 0. The summed E-state index contributed by atoms with van der Waals surface area (Å²) in [6.45, 7) is 10.9. The van der Waals surface area contributed by atoms with Crippen LogP contribution in [-0.4, -0.2) is 24.5 Å². The number of fused-ring (bicyclic) bond motifs is 2. The second-order valence-electron chi connectivity index (χ2n) is 7.75. The molecule has 3 aliphatic carbocycles. The molecule has 0 bridgehead atoms. The molecule has 3 aliphatic rings. The van der Waals surface area contributed by atoms with E-state index in [9.17, 15) is 0 Å². The van der Waals surface area contributed by atoms with Gasteiger partial charge in [-0.2, -0.15) is 0 Å². The van der Waals surface area contributed by atoms with Crippen LogP contribution in [0.3, 0.4) is 0 Å². The monoisotopic (exact) mass is 287 g/mol. The standard InChI is InChI=1S/C20H33N/c1-4-21(5-2)14-13-20(3)12-8-11-18-17-10-7-6-9-16(17)15-19(18)20/h6-7,18-19H,4-5,8-15H2,1-3H3. The molecule has 0 aromatic heterocycles. The Morgan fingerprint density at radius 2 is 1.95 bits per heavy atom. The third-order valence-electron chi connectivity index (χ3n) is 6.77. The Hall–Kier alpha value is -0.560. The summed E-state index contributed by atoms with van der Waals surface area (Å²) in [5.41, 5.74) is 4.27. The highest BCUT2D eigenvalue weighted by molar-refractivity contribution is 5.33. The fraction of sp³-hybridized carbons (Fsp3) is 0.800. The van der Waals surface area contributed by atoms with E-state index in [1.165, 1.54) is 64.6 Å². The Balaban J connectivity index is 1.69. The van der Waals surface area contributed by atoms with E-state index in [1.54, 1.807) is 0 Å². The fourth-order valence-corrected chi connectivity index (χ4v) is 5.27. The van der Waals surface area contributed by atoms with Gasteiger partial charge in [0.05, 0.1) is 0 Å². The maximum atomic E-state index is 2.61. The van der Waals surface area contributed by atoms with E-state index in [0.29, 0.717) is 5.41 Å². The molecule has 0 aromatic carbocycles. The van der Waals surface area contributed by atoms with Crippen LogP contribution in [0.2, 0.25) is 0 Å². The number of rotatable bonds is 5. The molecule has 0 saturated heterocycles. The highest BCUT2D eigenvalue weighted by Crippen LogP contribution is 2.57. The predicted octanol–water partition coefficient (Wildman–Crippen LogP) is 5.19. The molecule has 1 saturated carbocycles. The Labute approximate surface area is 131 Å². The van der Waals surface area contributed by atoms with Crippen LogP contribution in [0.1, 0.15) is 65.7 Å². The second kappa shape index (κ2) is 6.28. The first-order valence-corrected chi connectivity index (χ1v) is 9.26. The van der Waals surface area contributed by atoms with Crippen LogP contribution in [0.25, 0.3) is 0 Å². The zero-order chi connectivity index (χ0) is 14.9. The van der Waals surface area contributed by atoms with Crippen molar-refractivity contribution in [3.63, 3.8) is 0 Å². The molecule has 3 rings (SSSR count). The Morgan fingerprint density at radius 1 is 1.19 bits per heavy atom. The molecule has 3 atom stereocenters. The smallest absolute Gasteiger partial charge is 0.00137 e. The molecule has 0 N–H and O–H groups in total. The van der Waals surface area contributed by atoms with Crippen LogP contribution in [-0.2, 0) is 0 Å². The molecule has 3 unspecified atom stereocenters. The molecule has 1 heteroatoms. The van der Waals surface area contributed by atoms with Crippen molar-refractivity contribution in [2.75, 3.05) is 19.6 Å². The molecule has 1 nitrogen and oxygen atoms in total. The highest BCUT2D eigenvalue weighted by Gasteiger charge is 2.47. The van der Waals surface area contributed by atoms with E-state index in [0.717, 1.165) is 11.8 Å². The molecule has 0 heterocycles. The van der Waals surface area contributed by atoms with Crippen LogP contribution < -0.4 is 0 Å². The minimum atomic E-state index is 0.586. The van der Waals surface area contributed by atoms with Gasteiger partial charge in [-0.1, -0.05) is 50.5 Å². The topological polar surface area (TPSA) is 3.24 Å². The van der Waals surface area contributed by atoms with E-state index in [-0.39, 0.29) is 0 Å². The van der Waals surface area contributed by atoms with Crippen molar-refractivity contribution in [1.82, 2.24) is 4.90 Å². The summed E-state index contributed by atoms with van der Waals surface area (Å²) < 4.78 is 0. The van der Waals surface area contributed by atoms with Gasteiger partial charge in [0.1, 0.15) is 0 Å². The third kappa shape index (κ3) is 2.86. The van der Waals surface area contributed by atoms with Gasteiger partial charge in [-0.3, -0.25) is 0 Å². The second-order valence-corrected chi connectivity index (χ2v) is 7.75. The van der Waals surface area contributed by atoms with Gasteiger partial charge in [0.25, 0.3) is 0 Å². The lowest BCUT2D eigenvalue weighted by Gasteiger charge is -2.45. The van der Waals surface area contributed by atoms with Gasteiger partial charge >= 0.3 is 0 Å². The van der Waals surface area contributed by atoms with Crippen LogP contribution in [0, 0.1) is 17.3 Å². The summed E-state index contributed by atoms with van der Waals surface area (Å²) in [5.74, 6) is 1.88. The van der Waals surface area contributed by atoms with Gasteiger partial charge in [0.2, 0.25) is 0 Å². The molecular weight excluding hydrogens is 254 g/mol. The molecule has 0 aliphatic heterocycles. The molecule has 118 valence electrons. The van der Waals surface area contributed by atoms with Gasteiger partial charge < -0.3 is 4.90 Å². The summed E-state index contributed by atoms with van der Waals surface area (Å²) in [6, 6.07) is 0. The lowest BCUT2D eigenvalue weighted by molar-refractivity contribution is 0.0630. The fourth-order valence-electron chi connectivity index (χ4n) is 5.27. The van der Waals surface area contributed by atoms with E-state index in [2.05, 4.69) is 37.8 Å². The third-order valence-corrected chi connectivity index (χ3v) is 6.77. The van der Waals surface area contributed by atoms with Crippen molar-refractivity contribution in [3.8, 4) is 0 Å². The van der Waals surface area contributed by atoms with E-state index in [4.69, 9.17) is 0 Å². The average molecular weight is 287 g/mol. The lowest BCUT2D eigenvalue weighted by atomic mass is 9.61. The van der Waals surface area contributed by atoms with Crippen molar-refractivity contribution in [1.29, 1.82) is 0 Å². The summed E-state index contributed by atoms with van der Waals surface area (Å²) in [5, 5.41) is 0. The van der Waals surface area contributed by atoms with Crippen molar-refractivity contribution in [3.05, 3.63) is 23.3 Å². The van der Waals surface area contributed by atoms with Crippen molar-refractivity contribution >= 4 is 0 Å². The molecule has 0 spiro atoms. The van der Waals surface area contributed by atoms with Gasteiger partial charge in [-0.05, 0) is 75.4 Å². The molecular formula is C20H33N. The predicted molar refractivity (Wildman–Crippen MR) is 91.4 cm³/mol. The van der Waals surface area contributed by atoms with Crippen LogP contribution in [0.5, 0.6) is 0 Å². The first kappa shape index (κ1) is 15.3. The quantitative estimate of drug-likeness (QED) is 0.629. The molecule has 0 radical (unpaired) electrons. The molecule has 0 aromatic rings. The maximum Gasteiger partial charge on any atom is -0.00137 e. The number of allylic oxidation sites excluding steroid dienone is 4. The summed E-state index contributed by atoms with van der Waals surface area (Å²) in [4.78, 5) is 2.61. The van der Waals surface area contributed by atoms with Crippen LogP contribution in [0.15, 0.2) is 23.3 Å². The lowest BCUT2D eigenvalue weighted by Crippen LogP contribution is -2.38. The first-order valence-electron chi connectivity index (χ1n) is 9.26. The van der Waals surface area contributed by atoms with Gasteiger partial charge in [0.15, 0.2) is 0 Å². The van der Waals surface area contributed by atoms with Gasteiger partial charge in [-0.25, -0.2) is 0 Å². The number of hydrogen-bond acceptors (Lipinski definition) is 1. The number of hydrogen-bond donors (Lipinski definition) is 0. The average Bonchev–Trinajstić information content (AvgIpc) is 2.89. The van der Waals surface area contributed by atoms with Crippen LogP contribution in [0.4, 0.5) is 0 Å². The zero-order valence-electron chi connectivity index (χ0n) is 14.3. The van der Waals surface area contributed by atoms with Gasteiger partial charge in [-0.15, -0.1) is 0 Å². The Morgan fingerprint density at radius 3 is 2.71 bits per heavy atom. The molecule has 0 amide bonds. The highest BCUT2D eigenvalue weighted by atomic mass is 15.1. The normalized spacial score (nSPS) is 35.2. The van der Waals surface area contributed by atoms with Crippen molar-refractivity contribution < 1.29 is 0 Å². The molecule has 21 heavy (non-hydrogen) atoms. The number of nitrogens with zero attached hydrogens (tertiary/aromatic N) is 1. The zero-order valence-corrected chi connectivity index (χ0v) is 14.3. The summed E-state index contributed by atoms with van der Waals surface area (Å²) in [6.07, 6.45) is 14.6. The van der Waals surface area contributed by atoms with E-state index >= 15 is 0 Å². The van der Waals surface area contributed by atoms with Crippen molar-refractivity contribution in [2.45, 2.75) is 65.7 Å². The Bertz CT molecular complexity index is 429. The SMILES string of the molecule is CCN(CC)CCC1(C)CCCC2C3=C(CC=CC3)CC21. The Kier molecular flexibility index (Phi) is 4.59. The minimum absolute atomic E-state index is 0.586.